The normalized spacial score (nSPS) is 11.1. The number of H-pyrrole nitrogens is 1. The molecule has 0 atom stereocenters. The Kier molecular flexibility index (Phi) is 5.25. The standard InChI is InChI=1S/C24H22N8O2/c1-4-16-13-20(32-22(26-16)14(2)25-23(32)24(33)34)31(3)17-11-9-15(10-12-17)18-7-5-6-8-19(18)21-27-29-30-28-21/h5-13H,4H2,1-3H3,(H,33,34)(H,27,28,29,30). The molecule has 5 rings (SSSR count). The van der Waals surface area contributed by atoms with Crippen LogP contribution in [0.4, 0.5) is 11.5 Å². The van der Waals surface area contributed by atoms with Crippen molar-refractivity contribution in [3.8, 4) is 22.5 Å². The molecule has 5 aromatic rings. The van der Waals surface area contributed by atoms with Gasteiger partial charge in [0, 0.05) is 30.1 Å². The predicted molar refractivity (Wildman–Crippen MR) is 127 cm³/mol. The van der Waals surface area contributed by atoms with Crippen LogP contribution in [0.1, 0.15) is 28.9 Å². The SMILES string of the molecule is CCc1cc(N(C)c2ccc(-c3ccccc3-c3nn[nH]n3)cc2)n2c(C(=O)O)nc(C)c2n1. The number of aryl methyl sites for hydroxylation is 2. The zero-order valence-corrected chi connectivity index (χ0v) is 18.9. The fraction of sp³-hybridized carbons (Fsp3) is 0.167. The second kappa shape index (κ2) is 8.39. The lowest BCUT2D eigenvalue weighted by atomic mass is 9.99. The lowest BCUT2D eigenvalue weighted by molar-refractivity contribution is 0.0682. The number of nitrogens with zero attached hydrogens (tertiary/aromatic N) is 7. The van der Waals surface area contributed by atoms with Gasteiger partial charge in [-0.2, -0.15) is 5.21 Å². The lowest BCUT2D eigenvalue weighted by Crippen LogP contribution is -2.17. The Balaban J connectivity index is 1.58. The van der Waals surface area contributed by atoms with Crippen molar-refractivity contribution in [3.63, 3.8) is 0 Å². The van der Waals surface area contributed by atoms with Gasteiger partial charge in [0.25, 0.3) is 0 Å². The van der Waals surface area contributed by atoms with Gasteiger partial charge in [-0.25, -0.2) is 14.8 Å². The molecule has 3 aromatic heterocycles. The fourth-order valence-electron chi connectivity index (χ4n) is 4.02. The number of carbonyl (C=O) groups is 1. The third-order valence-corrected chi connectivity index (χ3v) is 5.77. The van der Waals surface area contributed by atoms with Gasteiger partial charge in [-0.3, -0.25) is 4.40 Å². The van der Waals surface area contributed by atoms with Crippen molar-refractivity contribution in [1.82, 2.24) is 35.0 Å². The van der Waals surface area contributed by atoms with Gasteiger partial charge in [-0.1, -0.05) is 43.3 Å². The second-order valence-electron chi connectivity index (χ2n) is 7.83. The van der Waals surface area contributed by atoms with Crippen LogP contribution in [-0.4, -0.2) is 53.1 Å². The number of benzene rings is 2. The first-order valence-corrected chi connectivity index (χ1v) is 10.8. The summed E-state index contributed by atoms with van der Waals surface area (Å²) in [7, 11) is 1.90. The highest BCUT2D eigenvalue weighted by atomic mass is 16.4. The van der Waals surface area contributed by atoms with E-state index in [0.29, 0.717) is 23.0 Å². The van der Waals surface area contributed by atoms with Crippen molar-refractivity contribution < 1.29 is 9.90 Å². The number of anilines is 2. The summed E-state index contributed by atoms with van der Waals surface area (Å²) >= 11 is 0. The summed E-state index contributed by atoms with van der Waals surface area (Å²) in [6, 6.07) is 17.8. The quantitative estimate of drug-likeness (QED) is 0.396. The van der Waals surface area contributed by atoms with Gasteiger partial charge in [0.2, 0.25) is 11.6 Å². The number of tetrazole rings is 1. The Hall–Kier alpha value is -4.60. The molecule has 0 aliphatic rings. The van der Waals surface area contributed by atoms with Crippen molar-refractivity contribution >= 4 is 23.1 Å². The predicted octanol–water partition coefficient (Wildman–Crippen LogP) is 3.91. The van der Waals surface area contributed by atoms with E-state index in [2.05, 4.69) is 30.6 Å². The zero-order valence-electron chi connectivity index (χ0n) is 18.9. The minimum Gasteiger partial charge on any atom is -0.475 e. The molecule has 34 heavy (non-hydrogen) atoms. The molecule has 170 valence electrons. The van der Waals surface area contributed by atoms with Crippen LogP contribution in [0.15, 0.2) is 54.6 Å². The molecule has 0 aliphatic carbocycles. The number of rotatable bonds is 6. The van der Waals surface area contributed by atoms with Crippen LogP contribution in [0.2, 0.25) is 0 Å². The summed E-state index contributed by atoms with van der Waals surface area (Å²) in [6.07, 6.45) is 0.718. The molecule has 10 heteroatoms. The van der Waals surface area contributed by atoms with E-state index >= 15 is 0 Å². The molecule has 0 aliphatic heterocycles. The molecule has 0 bridgehead atoms. The number of fused-ring (bicyclic) bond motifs is 1. The molecule has 0 radical (unpaired) electrons. The monoisotopic (exact) mass is 454 g/mol. The second-order valence-corrected chi connectivity index (χ2v) is 7.83. The summed E-state index contributed by atoms with van der Waals surface area (Å²) in [5.74, 6) is 0.0481. The minimum absolute atomic E-state index is 0.0600. The Labute approximate surface area is 194 Å². The van der Waals surface area contributed by atoms with Gasteiger partial charge < -0.3 is 10.0 Å². The van der Waals surface area contributed by atoms with Crippen molar-refractivity contribution in [2.45, 2.75) is 20.3 Å². The number of hydrogen-bond donors (Lipinski definition) is 2. The Morgan fingerprint density at radius 2 is 1.82 bits per heavy atom. The molecular formula is C24H22N8O2. The highest BCUT2D eigenvalue weighted by Crippen LogP contribution is 2.33. The Morgan fingerprint density at radius 3 is 2.47 bits per heavy atom. The number of nitrogens with one attached hydrogen (secondary N) is 1. The molecule has 0 fully saturated rings. The van der Waals surface area contributed by atoms with Gasteiger partial charge in [0.15, 0.2) is 5.65 Å². The molecule has 10 nitrogen and oxygen atoms in total. The summed E-state index contributed by atoms with van der Waals surface area (Å²) in [6.45, 7) is 3.79. The number of imidazole rings is 1. The van der Waals surface area contributed by atoms with Crippen LogP contribution in [-0.2, 0) is 6.42 Å². The third-order valence-electron chi connectivity index (χ3n) is 5.77. The molecule has 0 amide bonds. The maximum atomic E-state index is 11.9. The Bertz CT molecular complexity index is 1490. The molecule has 0 unspecified atom stereocenters. The molecule has 3 heterocycles. The number of aromatic carboxylic acids is 1. The van der Waals surface area contributed by atoms with Gasteiger partial charge in [0.05, 0.1) is 5.69 Å². The first-order valence-electron chi connectivity index (χ1n) is 10.8. The van der Waals surface area contributed by atoms with Crippen LogP contribution in [0.25, 0.3) is 28.2 Å². The van der Waals surface area contributed by atoms with E-state index < -0.39 is 5.97 Å². The first-order chi connectivity index (χ1) is 16.5. The summed E-state index contributed by atoms with van der Waals surface area (Å²) < 4.78 is 1.59. The van der Waals surface area contributed by atoms with Gasteiger partial charge >= 0.3 is 5.97 Å². The van der Waals surface area contributed by atoms with Crippen LogP contribution in [0, 0.1) is 6.92 Å². The van der Waals surface area contributed by atoms with Crippen LogP contribution in [0.5, 0.6) is 0 Å². The van der Waals surface area contributed by atoms with Crippen LogP contribution in [0.3, 0.4) is 0 Å². The highest BCUT2D eigenvalue weighted by molar-refractivity contribution is 5.86. The van der Waals surface area contributed by atoms with Crippen molar-refractivity contribution in [2.75, 3.05) is 11.9 Å². The number of carboxylic acid groups (broad SMARTS) is 1. The Morgan fingerprint density at radius 1 is 1.09 bits per heavy atom. The summed E-state index contributed by atoms with van der Waals surface area (Å²) in [4.78, 5) is 22.7. The summed E-state index contributed by atoms with van der Waals surface area (Å²) in [5, 5.41) is 24.1. The van der Waals surface area contributed by atoms with Gasteiger partial charge in [-0.05, 0) is 41.8 Å². The van der Waals surface area contributed by atoms with E-state index in [1.54, 1.807) is 11.3 Å². The highest BCUT2D eigenvalue weighted by Gasteiger charge is 2.21. The number of aromatic amines is 1. The van der Waals surface area contributed by atoms with Crippen LogP contribution >= 0.6 is 0 Å². The fourth-order valence-corrected chi connectivity index (χ4v) is 4.02. The maximum Gasteiger partial charge on any atom is 0.372 e. The van der Waals surface area contributed by atoms with Crippen LogP contribution < -0.4 is 4.90 Å². The van der Waals surface area contributed by atoms with E-state index in [9.17, 15) is 9.90 Å². The molecule has 2 N–H and O–H groups in total. The van der Waals surface area contributed by atoms with Crippen molar-refractivity contribution in [2.24, 2.45) is 0 Å². The van der Waals surface area contributed by atoms with E-state index in [-0.39, 0.29) is 5.82 Å². The van der Waals surface area contributed by atoms with E-state index in [1.165, 1.54) is 0 Å². The average Bonchev–Trinajstić information content (AvgIpc) is 3.52. The van der Waals surface area contributed by atoms with Crippen molar-refractivity contribution in [1.29, 1.82) is 0 Å². The topological polar surface area (TPSA) is 125 Å². The molecular weight excluding hydrogens is 432 g/mol. The molecule has 0 saturated heterocycles. The average molecular weight is 454 g/mol. The number of aromatic nitrogens is 7. The largest absolute Gasteiger partial charge is 0.475 e. The smallest absolute Gasteiger partial charge is 0.372 e. The van der Waals surface area contributed by atoms with E-state index in [0.717, 1.165) is 34.5 Å². The van der Waals surface area contributed by atoms with Gasteiger partial charge in [0.1, 0.15) is 5.82 Å². The summed E-state index contributed by atoms with van der Waals surface area (Å²) in [5.41, 5.74) is 5.73. The lowest BCUT2D eigenvalue weighted by Gasteiger charge is -2.22. The van der Waals surface area contributed by atoms with E-state index in [4.69, 9.17) is 0 Å². The van der Waals surface area contributed by atoms with Gasteiger partial charge in [-0.15, -0.1) is 10.2 Å². The minimum atomic E-state index is -1.10. The van der Waals surface area contributed by atoms with Crippen molar-refractivity contribution in [3.05, 3.63) is 71.8 Å². The first kappa shape index (κ1) is 21.3. The third kappa shape index (κ3) is 3.54. The molecule has 0 saturated carbocycles. The maximum absolute atomic E-state index is 11.9. The number of carboxylic acids is 1. The molecule has 2 aromatic carbocycles. The van der Waals surface area contributed by atoms with E-state index in [1.807, 2.05) is 73.5 Å². The molecule has 0 spiro atoms. The zero-order chi connectivity index (χ0) is 23.8. The number of hydrogen-bond acceptors (Lipinski definition) is 7.